The molecule has 0 aromatic heterocycles. The van der Waals surface area contributed by atoms with Gasteiger partial charge in [-0.05, 0) is 62.2 Å². The third-order valence-electron chi connectivity index (χ3n) is 4.90. The second-order valence-electron chi connectivity index (χ2n) is 7.29. The van der Waals surface area contributed by atoms with E-state index in [1.165, 1.54) is 19.2 Å². The molecule has 1 atom stereocenters. The van der Waals surface area contributed by atoms with Crippen molar-refractivity contribution in [3.63, 3.8) is 0 Å². The van der Waals surface area contributed by atoms with Gasteiger partial charge in [0.1, 0.15) is 0 Å². The summed E-state index contributed by atoms with van der Waals surface area (Å²) in [5.41, 5.74) is 2.31. The minimum absolute atomic E-state index is 0.0555. The Kier molecular flexibility index (Phi) is 6.73. The molecule has 30 heavy (non-hydrogen) atoms. The summed E-state index contributed by atoms with van der Waals surface area (Å²) in [4.78, 5) is 24.2. The monoisotopic (exact) mass is 430 g/mol. The first-order valence-electron chi connectivity index (χ1n) is 9.76. The molecular formula is C21H26N4O4S. The summed E-state index contributed by atoms with van der Waals surface area (Å²) in [5.74, 6) is 0.202. The Morgan fingerprint density at radius 1 is 1.10 bits per heavy atom. The van der Waals surface area contributed by atoms with E-state index < -0.39 is 10.0 Å². The molecule has 9 heteroatoms. The number of rotatable bonds is 8. The van der Waals surface area contributed by atoms with E-state index in [4.69, 9.17) is 0 Å². The average Bonchev–Trinajstić information content (AvgIpc) is 3.58. The standard InChI is InChI=1S/C21H26N4O4S/c1-14(16-8-10-18(11-9-16)25-20(26)17-6-7-17)24-21(27)23-13-15-4-3-5-19(12-15)30(28,29)22-2/h3-5,8-12,14,17,22H,6-7,13H2,1-2H3,(H,25,26)(H2,23,24,27). The summed E-state index contributed by atoms with van der Waals surface area (Å²) < 4.78 is 26.0. The Morgan fingerprint density at radius 2 is 1.80 bits per heavy atom. The highest BCUT2D eigenvalue weighted by atomic mass is 32.2. The van der Waals surface area contributed by atoms with Gasteiger partial charge in [-0.15, -0.1) is 0 Å². The molecule has 0 aliphatic heterocycles. The molecule has 2 aromatic carbocycles. The minimum Gasteiger partial charge on any atom is -0.334 e. The summed E-state index contributed by atoms with van der Waals surface area (Å²) >= 11 is 0. The molecule has 1 saturated carbocycles. The SMILES string of the molecule is CNS(=O)(=O)c1cccc(CNC(=O)NC(C)c2ccc(NC(=O)C3CC3)cc2)c1. The molecule has 0 heterocycles. The van der Waals surface area contributed by atoms with Crippen molar-refractivity contribution >= 4 is 27.6 Å². The summed E-state index contributed by atoms with van der Waals surface area (Å²) in [6, 6.07) is 13.1. The lowest BCUT2D eigenvalue weighted by molar-refractivity contribution is -0.117. The number of carbonyl (C=O) groups excluding carboxylic acids is 2. The molecule has 8 nitrogen and oxygen atoms in total. The number of urea groups is 1. The van der Waals surface area contributed by atoms with Gasteiger partial charge in [0.2, 0.25) is 15.9 Å². The van der Waals surface area contributed by atoms with Crippen molar-refractivity contribution in [2.75, 3.05) is 12.4 Å². The van der Waals surface area contributed by atoms with Gasteiger partial charge in [0.05, 0.1) is 10.9 Å². The van der Waals surface area contributed by atoms with Crippen LogP contribution in [0.3, 0.4) is 0 Å². The lowest BCUT2D eigenvalue weighted by atomic mass is 10.1. The Morgan fingerprint density at radius 3 is 2.43 bits per heavy atom. The van der Waals surface area contributed by atoms with Crippen molar-refractivity contribution in [2.45, 2.75) is 37.2 Å². The summed E-state index contributed by atoms with van der Waals surface area (Å²) in [5, 5.41) is 8.46. The van der Waals surface area contributed by atoms with E-state index in [1.54, 1.807) is 12.1 Å². The van der Waals surface area contributed by atoms with Crippen LogP contribution in [0.25, 0.3) is 0 Å². The van der Waals surface area contributed by atoms with Crippen molar-refractivity contribution in [2.24, 2.45) is 5.92 Å². The van der Waals surface area contributed by atoms with Gasteiger partial charge in [-0.3, -0.25) is 4.79 Å². The molecule has 3 rings (SSSR count). The Bertz CT molecular complexity index is 1020. The predicted octanol–water partition coefficient (Wildman–Crippen LogP) is 2.50. The highest BCUT2D eigenvalue weighted by molar-refractivity contribution is 7.89. The number of carbonyl (C=O) groups is 2. The number of sulfonamides is 1. The number of amides is 3. The van der Waals surface area contributed by atoms with Crippen LogP contribution in [0, 0.1) is 5.92 Å². The molecule has 0 spiro atoms. The van der Waals surface area contributed by atoms with Crippen molar-refractivity contribution in [3.05, 3.63) is 59.7 Å². The van der Waals surface area contributed by atoms with Crippen LogP contribution in [0.1, 0.15) is 36.9 Å². The average molecular weight is 431 g/mol. The fourth-order valence-corrected chi connectivity index (χ4v) is 3.70. The third-order valence-corrected chi connectivity index (χ3v) is 6.32. The fraction of sp³-hybridized carbons (Fsp3) is 0.333. The van der Waals surface area contributed by atoms with Crippen molar-refractivity contribution in [1.29, 1.82) is 0 Å². The Balaban J connectivity index is 1.51. The van der Waals surface area contributed by atoms with Crippen molar-refractivity contribution in [3.8, 4) is 0 Å². The van der Waals surface area contributed by atoms with Gasteiger partial charge in [-0.2, -0.15) is 0 Å². The first-order chi connectivity index (χ1) is 14.3. The molecule has 1 aliphatic rings. The second-order valence-corrected chi connectivity index (χ2v) is 9.18. The highest BCUT2D eigenvalue weighted by Gasteiger charge is 2.29. The van der Waals surface area contributed by atoms with E-state index in [-0.39, 0.29) is 35.3 Å². The number of benzene rings is 2. The van der Waals surface area contributed by atoms with Crippen LogP contribution < -0.4 is 20.7 Å². The molecule has 0 saturated heterocycles. The quantitative estimate of drug-likeness (QED) is 0.515. The van der Waals surface area contributed by atoms with E-state index in [0.29, 0.717) is 5.56 Å². The zero-order valence-electron chi connectivity index (χ0n) is 16.9. The first-order valence-corrected chi connectivity index (χ1v) is 11.2. The largest absolute Gasteiger partial charge is 0.334 e. The van der Waals surface area contributed by atoms with Gasteiger partial charge >= 0.3 is 6.03 Å². The van der Waals surface area contributed by atoms with Crippen molar-refractivity contribution in [1.82, 2.24) is 15.4 Å². The molecule has 1 unspecified atom stereocenters. The van der Waals surface area contributed by atoms with Gasteiger partial charge in [0.15, 0.2) is 0 Å². The van der Waals surface area contributed by atoms with Crippen LogP contribution >= 0.6 is 0 Å². The Labute approximate surface area is 176 Å². The molecular weight excluding hydrogens is 404 g/mol. The summed E-state index contributed by atoms with van der Waals surface area (Å²) in [7, 11) is -2.18. The smallest absolute Gasteiger partial charge is 0.315 e. The van der Waals surface area contributed by atoms with Gasteiger partial charge in [-0.1, -0.05) is 24.3 Å². The van der Waals surface area contributed by atoms with Crippen molar-refractivity contribution < 1.29 is 18.0 Å². The van der Waals surface area contributed by atoms with E-state index in [0.717, 1.165) is 24.1 Å². The van der Waals surface area contributed by atoms with Gasteiger partial charge < -0.3 is 16.0 Å². The molecule has 160 valence electrons. The molecule has 0 radical (unpaired) electrons. The number of hydrogen-bond acceptors (Lipinski definition) is 4. The maximum Gasteiger partial charge on any atom is 0.315 e. The third kappa shape index (κ3) is 5.80. The topological polar surface area (TPSA) is 116 Å². The van der Waals surface area contributed by atoms with Crippen LogP contribution in [-0.2, 0) is 21.4 Å². The second kappa shape index (κ2) is 9.27. The maximum absolute atomic E-state index is 12.2. The van der Waals surface area contributed by atoms with Gasteiger partial charge in [-0.25, -0.2) is 17.9 Å². The van der Waals surface area contributed by atoms with E-state index in [9.17, 15) is 18.0 Å². The minimum atomic E-state index is -3.53. The lowest BCUT2D eigenvalue weighted by Crippen LogP contribution is -2.36. The van der Waals surface area contributed by atoms with E-state index >= 15 is 0 Å². The zero-order valence-corrected chi connectivity index (χ0v) is 17.8. The zero-order chi connectivity index (χ0) is 21.7. The van der Waals surface area contributed by atoms with Crippen LogP contribution in [0.4, 0.5) is 10.5 Å². The predicted molar refractivity (Wildman–Crippen MR) is 114 cm³/mol. The molecule has 0 bridgehead atoms. The molecule has 1 fully saturated rings. The highest BCUT2D eigenvalue weighted by Crippen LogP contribution is 2.30. The number of hydrogen-bond donors (Lipinski definition) is 4. The van der Waals surface area contributed by atoms with Crippen LogP contribution in [0.15, 0.2) is 53.4 Å². The van der Waals surface area contributed by atoms with Crippen LogP contribution in [0.5, 0.6) is 0 Å². The van der Waals surface area contributed by atoms with Gasteiger partial charge in [0.25, 0.3) is 0 Å². The molecule has 1 aliphatic carbocycles. The first kappa shape index (κ1) is 21.8. The van der Waals surface area contributed by atoms with Crippen LogP contribution in [-0.4, -0.2) is 27.4 Å². The fourth-order valence-electron chi connectivity index (χ4n) is 2.90. The summed E-state index contributed by atoms with van der Waals surface area (Å²) in [6.07, 6.45) is 1.91. The molecule has 2 aromatic rings. The maximum atomic E-state index is 12.2. The molecule has 3 amide bonds. The number of anilines is 1. The summed E-state index contributed by atoms with van der Waals surface area (Å²) in [6.45, 7) is 2.05. The van der Waals surface area contributed by atoms with E-state index in [2.05, 4.69) is 20.7 Å². The Hall–Kier alpha value is -2.91. The molecule has 4 N–H and O–H groups in total. The van der Waals surface area contributed by atoms with Crippen LogP contribution in [0.2, 0.25) is 0 Å². The lowest BCUT2D eigenvalue weighted by Gasteiger charge is -2.16. The van der Waals surface area contributed by atoms with Gasteiger partial charge in [0, 0.05) is 18.2 Å². The van der Waals surface area contributed by atoms with E-state index in [1.807, 2.05) is 31.2 Å². The normalized spacial score (nSPS) is 14.6. The number of nitrogens with one attached hydrogen (secondary N) is 4.